The largest absolute Gasteiger partial charge is 0.408 e. The standard InChI is InChI=1S/C6H14O4S2/c1-6(2)4-3-5-11-10-12(7,8)9/h6H,3-5H2,1-2H3,(H,7,8,9). The molecule has 0 radical (unpaired) electrons. The van der Waals surface area contributed by atoms with Crippen LogP contribution in [-0.2, 0) is 14.0 Å². The van der Waals surface area contributed by atoms with Gasteiger partial charge in [-0.15, -0.1) is 0 Å². The fourth-order valence-corrected chi connectivity index (χ4v) is 1.69. The van der Waals surface area contributed by atoms with Crippen LogP contribution in [0.1, 0.15) is 26.7 Å². The molecule has 0 aliphatic rings. The predicted molar refractivity (Wildman–Crippen MR) is 49.2 cm³/mol. The maximum atomic E-state index is 10.0. The fraction of sp³-hybridized carbons (Fsp3) is 1.00. The molecule has 0 saturated heterocycles. The zero-order valence-corrected chi connectivity index (χ0v) is 8.82. The van der Waals surface area contributed by atoms with E-state index in [2.05, 4.69) is 17.5 Å². The van der Waals surface area contributed by atoms with Crippen LogP contribution in [-0.4, -0.2) is 18.7 Å². The van der Waals surface area contributed by atoms with Crippen molar-refractivity contribution >= 4 is 22.4 Å². The lowest BCUT2D eigenvalue weighted by molar-refractivity contribution is 0.407. The SMILES string of the molecule is CC(C)CCCSOS(=O)(=O)O. The lowest BCUT2D eigenvalue weighted by Gasteiger charge is -2.02. The first-order valence-corrected chi connectivity index (χ1v) is 5.98. The Kier molecular flexibility index (Phi) is 5.90. The molecule has 0 aromatic carbocycles. The molecule has 0 heterocycles. The zero-order valence-electron chi connectivity index (χ0n) is 7.19. The molecule has 0 fully saturated rings. The van der Waals surface area contributed by atoms with Gasteiger partial charge in [0.05, 0.1) is 0 Å². The Morgan fingerprint density at radius 1 is 1.50 bits per heavy atom. The van der Waals surface area contributed by atoms with E-state index in [1.807, 2.05) is 0 Å². The molecule has 74 valence electrons. The molecular weight excluding hydrogens is 200 g/mol. The molecule has 0 rings (SSSR count). The molecule has 0 aliphatic heterocycles. The van der Waals surface area contributed by atoms with Gasteiger partial charge in [0.2, 0.25) is 0 Å². The first kappa shape index (κ1) is 12.2. The Morgan fingerprint density at radius 3 is 2.50 bits per heavy atom. The molecule has 4 nitrogen and oxygen atoms in total. The summed E-state index contributed by atoms with van der Waals surface area (Å²) in [6.07, 6.45) is 1.92. The van der Waals surface area contributed by atoms with Gasteiger partial charge < -0.3 is 0 Å². The third kappa shape index (κ3) is 10.2. The lowest BCUT2D eigenvalue weighted by Crippen LogP contribution is -1.98. The van der Waals surface area contributed by atoms with Crippen molar-refractivity contribution in [2.24, 2.45) is 5.92 Å². The van der Waals surface area contributed by atoms with Gasteiger partial charge >= 0.3 is 10.4 Å². The van der Waals surface area contributed by atoms with E-state index in [1.165, 1.54) is 0 Å². The minimum absolute atomic E-state index is 0.581. The van der Waals surface area contributed by atoms with Crippen LogP contribution in [0, 0.1) is 5.92 Å². The molecular formula is C6H14O4S2. The Hall–Kier alpha value is 0.220. The third-order valence-corrected chi connectivity index (χ3v) is 2.67. The van der Waals surface area contributed by atoms with Gasteiger partial charge in [-0.05, 0) is 12.3 Å². The molecule has 6 heteroatoms. The summed E-state index contributed by atoms with van der Waals surface area (Å²) in [7, 11) is -4.26. The van der Waals surface area contributed by atoms with Crippen molar-refractivity contribution in [3.63, 3.8) is 0 Å². The van der Waals surface area contributed by atoms with Crippen LogP contribution in [0.15, 0.2) is 0 Å². The summed E-state index contributed by atoms with van der Waals surface area (Å²) >= 11 is 0.764. The molecule has 0 aromatic rings. The summed E-state index contributed by atoms with van der Waals surface area (Å²) in [5, 5.41) is 0. The van der Waals surface area contributed by atoms with Crippen molar-refractivity contribution in [2.75, 3.05) is 5.75 Å². The summed E-state index contributed by atoms with van der Waals surface area (Å²) in [6, 6.07) is 0. The van der Waals surface area contributed by atoms with Crippen LogP contribution >= 0.6 is 12.0 Å². The molecule has 0 saturated carbocycles. The molecule has 0 bridgehead atoms. The topological polar surface area (TPSA) is 63.6 Å². The van der Waals surface area contributed by atoms with E-state index in [0.717, 1.165) is 24.9 Å². The maximum absolute atomic E-state index is 10.0. The van der Waals surface area contributed by atoms with Crippen LogP contribution in [0.2, 0.25) is 0 Å². The molecule has 0 aromatic heterocycles. The van der Waals surface area contributed by atoms with Gasteiger partial charge in [0.1, 0.15) is 0 Å². The highest BCUT2D eigenvalue weighted by Crippen LogP contribution is 2.12. The molecule has 0 atom stereocenters. The maximum Gasteiger partial charge on any atom is 0.408 e. The number of hydrogen-bond donors (Lipinski definition) is 1. The first-order valence-electron chi connectivity index (χ1n) is 3.70. The van der Waals surface area contributed by atoms with Gasteiger partial charge in [0.25, 0.3) is 0 Å². The summed E-state index contributed by atoms with van der Waals surface area (Å²) in [5.41, 5.74) is 0. The van der Waals surface area contributed by atoms with Crippen molar-refractivity contribution in [1.82, 2.24) is 0 Å². The van der Waals surface area contributed by atoms with Crippen molar-refractivity contribution in [3.8, 4) is 0 Å². The minimum Gasteiger partial charge on any atom is -0.263 e. The normalized spacial score (nSPS) is 12.3. The Bertz CT molecular complexity index is 198. The van der Waals surface area contributed by atoms with Gasteiger partial charge in [-0.3, -0.25) is 4.55 Å². The van der Waals surface area contributed by atoms with Crippen molar-refractivity contribution in [3.05, 3.63) is 0 Å². The number of hydrogen-bond acceptors (Lipinski definition) is 4. The van der Waals surface area contributed by atoms with Gasteiger partial charge in [-0.2, -0.15) is 12.0 Å². The average Bonchev–Trinajstić information content (AvgIpc) is 1.83. The van der Waals surface area contributed by atoms with Gasteiger partial charge in [0, 0.05) is 17.8 Å². The van der Waals surface area contributed by atoms with Gasteiger partial charge in [-0.1, -0.05) is 20.3 Å². The summed E-state index contributed by atoms with van der Waals surface area (Å²) in [6.45, 7) is 4.18. The molecule has 12 heavy (non-hydrogen) atoms. The number of rotatable bonds is 6. The minimum atomic E-state index is -4.26. The molecule has 1 N–H and O–H groups in total. The van der Waals surface area contributed by atoms with E-state index in [1.54, 1.807) is 0 Å². The lowest BCUT2D eigenvalue weighted by atomic mass is 10.1. The summed E-state index contributed by atoms with van der Waals surface area (Å²) in [4.78, 5) is 0. The van der Waals surface area contributed by atoms with Crippen LogP contribution in [0.5, 0.6) is 0 Å². The molecule has 0 spiro atoms. The second-order valence-electron chi connectivity index (χ2n) is 2.85. The molecule has 0 unspecified atom stereocenters. The monoisotopic (exact) mass is 214 g/mol. The van der Waals surface area contributed by atoms with E-state index in [4.69, 9.17) is 4.55 Å². The van der Waals surface area contributed by atoms with Crippen molar-refractivity contribution in [1.29, 1.82) is 0 Å². The first-order chi connectivity index (χ1) is 5.42. The van der Waals surface area contributed by atoms with Crippen LogP contribution in [0.3, 0.4) is 0 Å². The second-order valence-corrected chi connectivity index (χ2v) is 4.90. The van der Waals surface area contributed by atoms with Crippen LogP contribution in [0.25, 0.3) is 0 Å². The van der Waals surface area contributed by atoms with E-state index in [9.17, 15) is 8.42 Å². The van der Waals surface area contributed by atoms with Crippen molar-refractivity contribution in [2.45, 2.75) is 26.7 Å². The summed E-state index contributed by atoms with van der Waals surface area (Å²) in [5.74, 6) is 1.19. The zero-order chi connectivity index (χ0) is 9.61. The quantitative estimate of drug-likeness (QED) is 0.415. The van der Waals surface area contributed by atoms with Crippen LogP contribution < -0.4 is 0 Å². The predicted octanol–water partition coefficient (Wildman–Crippen LogP) is 1.89. The second kappa shape index (κ2) is 5.80. The van der Waals surface area contributed by atoms with E-state index >= 15 is 0 Å². The smallest absolute Gasteiger partial charge is 0.263 e. The Labute approximate surface area is 77.8 Å². The Morgan fingerprint density at radius 2 is 2.08 bits per heavy atom. The third-order valence-electron chi connectivity index (χ3n) is 1.14. The molecule has 0 amide bonds. The highest BCUT2D eigenvalue weighted by molar-refractivity contribution is 8.02. The van der Waals surface area contributed by atoms with Gasteiger partial charge in [0.15, 0.2) is 0 Å². The van der Waals surface area contributed by atoms with Gasteiger partial charge in [-0.25, -0.2) is 0 Å². The highest BCUT2D eigenvalue weighted by atomic mass is 32.3. The van der Waals surface area contributed by atoms with E-state index in [-0.39, 0.29) is 0 Å². The van der Waals surface area contributed by atoms with Crippen molar-refractivity contribution < 1.29 is 16.6 Å². The van der Waals surface area contributed by atoms with E-state index in [0.29, 0.717) is 11.7 Å². The summed E-state index contributed by atoms with van der Waals surface area (Å²) < 4.78 is 32.3. The fourth-order valence-electron chi connectivity index (χ4n) is 0.645. The average molecular weight is 214 g/mol. The Balaban J connectivity index is 3.23. The molecule has 0 aliphatic carbocycles. The highest BCUT2D eigenvalue weighted by Gasteiger charge is 2.04. The van der Waals surface area contributed by atoms with E-state index < -0.39 is 10.4 Å². The van der Waals surface area contributed by atoms with Crippen LogP contribution in [0.4, 0.5) is 0 Å².